The minimum Gasteiger partial charge on any atom is -0.508 e. The Morgan fingerprint density at radius 3 is 1.50 bits per heavy atom. The average molecular weight is 695 g/mol. The second-order valence-electron chi connectivity index (χ2n) is 14.0. The number of hydrogen-bond acceptors (Lipinski definition) is 10. The molecule has 10 heteroatoms. The minimum atomic E-state index is -1.97. The number of phenols is 5. The molecular formula is C42H30O10. The van der Waals surface area contributed by atoms with Gasteiger partial charge in [0.1, 0.15) is 64.3 Å². The van der Waals surface area contributed by atoms with Crippen LogP contribution in [0.1, 0.15) is 75.0 Å². The van der Waals surface area contributed by atoms with Crippen LogP contribution in [0.4, 0.5) is 0 Å². The normalized spacial score (nSPS) is 27.4. The van der Waals surface area contributed by atoms with Crippen LogP contribution in [0.15, 0.2) is 121 Å². The van der Waals surface area contributed by atoms with Crippen LogP contribution in [-0.2, 0) is 9.53 Å². The molecule has 0 unspecified atom stereocenters. The van der Waals surface area contributed by atoms with E-state index in [1.54, 1.807) is 60.7 Å². The summed E-state index contributed by atoms with van der Waals surface area (Å²) >= 11 is 0. The number of phenolic OH excluding ortho intramolecular Hbond substituents is 5. The van der Waals surface area contributed by atoms with E-state index in [2.05, 4.69) is 0 Å². The van der Waals surface area contributed by atoms with Crippen molar-refractivity contribution in [3.05, 3.63) is 159 Å². The lowest BCUT2D eigenvalue weighted by Gasteiger charge is -2.38. The van der Waals surface area contributed by atoms with Gasteiger partial charge in [0, 0.05) is 29.3 Å². The summed E-state index contributed by atoms with van der Waals surface area (Å²) < 4.78 is 20.1. The Balaban J connectivity index is 1.33. The Labute approximate surface area is 296 Å². The molecule has 3 aliphatic heterocycles. The molecule has 6 N–H and O–H groups in total. The van der Waals surface area contributed by atoms with Gasteiger partial charge in [-0.05, 0) is 88.0 Å². The molecule has 52 heavy (non-hydrogen) atoms. The first-order chi connectivity index (χ1) is 25.1. The summed E-state index contributed by atoms with van der Waals surface area (Å²) in [5, 5.41) is 66.7. The van der Waals surface area contributed by atoms with E-state index in [1.165, 1.54) is 48.6 Å². The number of hydrogen-bond donors (Lipinski definition) is 6. The summed E-state index contributed by atoms with van der Waals surface area (Å²) in [6.45, 7) is 0. The molecule has 0 spiro atoms. The molecule has 10 nitrogen and oxygen atoms in total. The van der Waals surface area contributed by atoms with Crippen LogP contribution in [0, 0.1) is 0 Å². The monoisotopic (exact) mass is 694 g/mol. The van der Waals surface area contributed by atoms with Gasteiger partial charge in [-0.15, -0.1) is 0 Å². The molecule has 0 bridgehead atoms. The van der Waals surface area contributed by atoms with E-state index in [-0.39, 0.29) is 34.5 Å². The number of aliphatic hydroxyl groups is 1. The van der Waals surface area contributed by atoms with Crippen LogP contribution < -0.4 is 9.47 Å². The van der Waals surface area contributed by atoms with Crippen molar-refractivity contribution in [2.75, 3.05) is 0 Å². The molecule has 3 heterocycles. The minimum absolute atomic E-state index is 0.0286. The van der Waals surface area contributed by atoms with Crippen LogP contribution in [0.2, 0.25) is 0 Å². The van der Waals surface area contributed by atoms with Gasteiger partial charge < -0.3 is 44.8 Å². The highest BCUT2D eigenvalue weighted by Gasteiger charge is 2.64. The van der Waals surface area contributed by atoms with E-state index in [4.69, 9.17) is 14.2 Å². The molecule has 10 rings (SSSR count). The molecule has 1 saturated heterocycles. The molecule has 5 aromatic carbocycles. The number of carbonyl (C=O) groups is 1. The van der Waals surface area contributed by atoms with Crippen LogP contribution in [0.25, 0.3) is 0 Å². The van der Waals surface area contributed by atoms with Crippen LogP contribution >= 0.6 is 0 Å². The summed E-state index contributed by atoms with van der Waals surface area (Å²) in [5.74, 6) is -2.16. The van der Waals surface area contributed by atoms with Gasteiger partial charge in [-0.1, -0.05) is 36.4 Å². The van der Waals surface area contributed by atoms with Crippen LogP contribution in [-0.4, -0.2) is 42.0 Å². The van der Waals surface area contributed by atoms with Gasteiger partial charge >= 0.3 is 0 Å². The van der Waals surface area contributed by atoms with Gasteiger partial charge in [-0.3, -0.25) is 4.79 Å². The van der Waals surface area contributed by atoms with Crippen molar-refractivity contribution in [3.8, 4) is 40.2 Å². The Morgan fingerprint density at radius 2 is 0.962 bits per heavy atom. The molecule has 258 valence electrons. The number of rotatable bonds is 3. The number of aromatic hydroxyl groups is 5. The van der Waals surface area contributed by atoms with Crippen molar-refractivity contribution in [2.45, 2.75) is 41.7 Å². The van der Waals surface area contributed by atoms with Gasteiger partial charge in [0.25, 0.3) is 0 Å². The molecule has 0 amide bonds. The molecule has 0 radical (unpaired) electrons. The highest BCUT2D eigenvalue weighted by atomic mass is 16.5. The maximum absolute atomic E-state index is 13.7. The van der Waals surface area contributed by atoms with E-state index in [0.717, 1.165) is 0 Å². The van der Waals surface area contributed by atoms with Crippen LogP contribution in [0.5, 0.6) is 40.2 Å². The number of ketones is 1. The van der Waals surface area contributed by atoms with E-state index in [9.17, 15) is 35.4 Å². The second kappa shape index (κ2) is 10.6. The lowest BCUT2D eigenvalue weighted by Crippen LogP contribution is -2.42. The Hall–Kier alpha value is -6.39. The standard InChI is InChI=1S/C42H30O10/c43-22-7-1-19(2-8-22)39-36-28-13-25(46)16-31-34(28)37(40(51-31)20-3-9-23(44)10-4-20)30-15-27(48)18-33-42(30,49)38(29-14-26(47)17-32(50-39)35(29)36)41(52-33)21-5-11-24(45)12-6-21/h1-18,36-41,43-47,49H/t36-,37+,38+,39+,40-,41+,42-/m1/s1. The zero-order valence-corrected chi connectivity index (χ0v) is 27.2. The van der Waals surface area contributed by atoms with Crippen molar-refractivity contribution in [3.63, 3.8) is 0 Å². The summed E-state index contributed by atoms with van der Waals surface area (Å²) in [4.78, 5) is 13.7. The first-order valence-electron chi connectivity index (χ1n) is 16.9. The summed E-state index contributed by atoms with van der Waals surface area (Å²) in [6.07, 6.45) is 0.250. The van der Waals surface area contributed by atoms with Gasteiger partial charge in [0.2, 0.25) is 0 Å². The van der Waals surface area contributed by atoms with Crippen molar-refractivity contribution in [2.24, 2.45) is 0 Å². The topological polar surface area (TPSA) is 166 Å². The number of fused-ring (bicyclic) bond motifs is 3. The third-order valence-electron chi connectivity index (χ3n) is 11.1. The summed E-state index contributed by atoms with van der Waals surface area (Å²) in [6, 6.07) is 25.8. The molecule has 5 aromatic rings. The molecule has 0 aromatic heterocycles. The maximum Gasteiger partial charge on any atom is 0.182 e. The van der Waals surface area contributed by atoms with E-state index in [0.29, 0.717) is 56.0 Å². The van der Waals surface area contributed by atoms with Crippen LogP contribution in [0.3, 0.4) is 0 Å². The van der Waals surface area contributed by atoms with Gasteiger partial charge in [0.15, 0.2) is 11.4 Å². The number of carbonyl (C=O) groups excluding carboxylic acids is 1. The first kappa shape index (κ1) is 30.4. The van der Waals surface area contributed by atoms with Crippen molar-refractivity contribution < 1.29 is 49.6 Å². The SMILES string of the molecule is O=C1C=C2O[C@@H](c3ccc(O)cc3)[C@@H]3c4cc(O)cc5c4[C@@H](c4cc(O)cc6c4[C@H](C(=C1)[C@@]23O)[C@@H](c1ccc(O)cc1)O6)[C@H](c1ccc(O)cc1)O5. The van der Waals surface area contributed by atoms with Gasteiger partial charge in [-0.2, -0.15) is 0 Å². The molecule has 0 saturated carbocycles. The fraction of sp³-hybridized carbons (Fsp3) is 0.167. The number of allylic oxidation sites excluding steroid dienone is 2. The lowest BCUT2D eigenvalue weighted by atomic mass is 9.66. The molecule has 7 atom stereocenters. The summed E-state index contributed by atoms with van der Waals surface area (Å²) in [5.41, 5.74) is 2.70. The van der Waals surface area contributed by atoms with Crippen molar-refractivity contribution in [1.82, 2.24) is 0 Å². The molecular weight excluding hydrogens is 664 g/mol. The Kier molecular flexibility index (Phi) is 6.18. The molecule has 1 fully saturated rings. The quantitative estimate of drug-likeness (QED) is 0.120. The molecule has 2 aliphatic carbocycles. The third kappa shape index (κ3) is 4.18. The van der Waals surface area contributed by atoms with Gasteiger partial charge in [-0.25, -0.2) is 0 Å². The summed E-state index contributed by atoms with van der Waals surface area (Å²) in [7, 11) is 0. The Bertz CT molecular complexity index is 2400. The predicted octanol–water partition coefficient (Wildman–Crippen LogP) is 6.69. The largest absolute Gasteiger partial charge is 0.508 e. The maximum atomic E-state index is 13.7. The van der Waals surface area contributed by atoms with E-state index in [1.807, 2.05) is 0 Å². The van der Waals surface area contributed by atoms with E-state index >= 15 is 0 Å². The second-order valence-corrected chi connectivity index (χ2v) is 14.0. The zero-order valence-electron chi connectivity index (χ0n) is 27.2. The highest BCUT2D eigenvalue weighted by molar-refractivity contribution is 6.02. The lowest BCUT2D eigenvalue weighted by molar-refractivity contribution is -0.111. The van der Waals surface area contributed by atoms with Crippen molar-refractivity contribution >= 4 is 5.78 Å². The van der Waals surface area contributed by atoms with Gasteiger partial charge in [0.05, 0.1) is 17.8 Å². The number of ether oxygens (including phenoxy) is 3. The predicted molar refractivity (Wildman–Crippen MR) is 185 cm³/mol. The average Bonchev–Trinajstić information content (AvgIpc) is 3.78. The fourth-order valence-electron chi connectivity index (χ4n) is 9.05. The Morgan fingerprint density at radius 1 is 0.500 bits per heavy atom. The van der Waals surface area contributed by atoms with E-state index < -0.39 is 47.4 Å². The smallest absolute Gasteiger partial charge is 0.182 e. The first-order valence-corrected chi connectivity index (χ1v) is 16.9. The fourth-order valence-corrected chi connectivity index (χ4v) is 9.05. The highest BCUT2D eigenvalue weighted by Crippen LogP contribution is 2.68. The zero-order chi connectivity index (χ0) is 35.6. The third-order valence-corrected chi connectivity index (χ3v) is 11.1. The molecule has 5 aliphatic rings. The number of benzene rings is 5. The van der Waals surface area contributed by atoms with Crippen molar-refractivity contribution in [1.29, 1.82) is 0 Å².